The Hall–Kier alpha value is -3.84. The number of amides is 1. The number of ether oxygens (including phenoxy) is 2. The summed E-state index contributed by atoms with van der Waals surface area (Å²) in [7, 11) is 0. The van der Waals surface area contributed by atoms with Gasteiger partial charge in [-0.1, -0.05) is 60.7 Å². The summed E-state index contributed by atoms with van der Waals surface area (Å²) in [5.74, 6) is 0.0807. The second kappa shape index (κ2) is 12.0. The van der Waals surface area contributed by atoms with Crippen molar-refractivity contribution in [1.29, 1.82) is 0 Å². The van der Waals surface area contributed by atoms with E-state index in [1.165, 1.54) is 17.3 Å². The first-order valence-corrected chi connectivity index (χ1v) is 12.2. The van der Waals surface area contributed by atoms with Crippen LogP contribution in [0.3, 0.4) is 0 Å². The summed E-state index contributed by atoms with van der Waals surface area (Å²) < 4.78 is 10.3. The second-order valence-corrected chi connectivity index (χ2v) is 8.70. The van der Waals surface area contributed by atoms with Gasteiger partial charge in [0.15, 0.2) is 11.8 Å². The minimum Gasteiger partial charge on any atom is -0.482 e. The number of rotatable bonds is 9. The van der Waals surface area contributed by atoms with Gasteiger partial charge in [0.25, 0.3) is 5.91 Å². The molecule has 3 aromatic rings. The van der Waals surface area contributed by atoms with E-state index < -0.39 is 5.97 Å². The zero-order valence-electron chi connectivity index (χ0n) is 19.4. The predicted molar refractivity (Wildman–Crippen MR) is 140 cm³/mol. The Balaban J connectivity index is 1.50. The third-order valence-electron chi connectivity index (χ3n) is 5.18. The number of hydrogen-bond acceptors (Lipinski definition) is 6. The largest absolute Gasteiger partial charge is 0.482 e. The number of carbonyl (C=O) groups is 2. The molecule has 0 aliphatic carbocycles. The van der Waals surface area contributed by atoms with Crippen molar-refractivity contribution in [2.24, 2.45) is 4.99 Å². The summed E-state index contributed by atoms with van der Waals surface area (Å²) in [5.41, 5.74) is 2.82. The minimum atomic E-state index is -0.410. The van der Waals surface area contributed by atoms with E-state index in [1.54, 1.807) is 24.0 Å². The number of amidine groups is 1. The molecule has 0 atom stereocenters. The zero-order chi connectivity index (χ0) is 24.5. The fourth-order valence-electron chi connectivity index (χ4n) is 3.44. The topological polar surface area (TPSA) is 68.2 Å². The maximum Gasteiger partial charge on any atom is 0.344 e. The van der Waals surface area contributed by atoms with Crippen LogP contribution in [0.5, 0.6) is 5.75 Å². The van der Waals surface area contributed by atoms with Gasteiger partial charge in [-0.3, -0.25) is 9.69 Å². The number of nitrogens with zero attached hydrogens (tertiary/aromatic N) is 2. The fraction of sp³-hybridized carbons (Fsp3) is 0.179. The molecule has 0 N–H and O–H groups in total. The normalized spacial score (nSPS) is 15.6. The Labute approximate surface area is 209 Å². The van der Waals surface area contributed by atoms with Gasteiger partial charge in [-0.05, 0) is 66.6 Å². The van der Waals surface area contributed by atoms with Crippen LogP contribution in [0.25, 0.3) is 6.08 Å². The fourth-order valence-corrected chi connectivity index (χ4v) is 4.47. The van der Waals surface area contributed by atoms with Crippen molar-refractivity contribution in [3.63, 3.8) is 0 Å². The van der Waals surface area contributed by atoms with Crippen molar-refractivity contribution >= 4 is 40.6 Å². The molecular formula is C28H26N2O4S. The summed E-state index contributed by atoms with van der Waals surface area (Å²) in [6, 6.07) is 27.0. The van der Waals surface area contributed by atoms with E-state index in [0.29, 0.717) is 29.0 Å². The number of para-hydroxylation sites is 1. The van der Waals surface area contributed by atoms with Gasteiger partial charge >= 0.3 is 5.97 Å². The summed E-state index contributed by atoms with van der Waals surface area (Å²) in [6.45, 7) is 2.47. The van der Waals surface area contributed by atoms with E-state index in [0.717, 1.165) is 17.7 Å². The highest BCUT2D eigenvalue weighted by Gasteiger charge is 2.33. The number of esters is 1. The lowest BCUT2D eigenvalue weighted by molar-refractivity contribution is -0.145. The molecule has 4 rings (SSSR count). The molecule has 0 unspecified atom stereocenters. The highest BCUT2D eigenvalue weighted by Crippen LogP contribution is 2.34. The molecule has 35 heavy (non-hydrogen) atoms. The van der Waals surface area contributed by atoms with Crippen molar-refractivity contribution in [3.8, 4) is 5.75 Å². The molecule has 1 amide bonds. The van der Waals surface area contributed by atoms with Gasteiger partial charge in [0.2, 0.25) is 0 Å². The number of aliphatic imine (C=N–C) groups is 1. The average molecular weight is 487 g/mol. The van der Waals surface area contributed by atoms with Crippen LogP contribution in [0.1, 0.15) is 18.1 Å². The lowest BCUT2D eigenvalue weighted by atomic mass is 10.1. The first kappa shape index (κ1) is 24.3. The van der Waals surface area contributed by atoms with Gasteiger partial charge < -0.3 is 9.47 Å². The molecule has 1 saturated heterocycles. The minimum absolute atomic E-state index is 0.0664. The molecule has 0 spiro atoms. The van der Waals surface area contributed by atoms with Crippen molar-refractivity contribution in [3.05, 3.63) is 101 Å². The van der Waals surface area contributed by atoms with Gasteiger partial charge in [-0.25, -0.2) is 9.79 Å². The molecule has 0 aromatic heterocycles. The predicted octanol–water partition coefficient (Wildman–Crippen LogP) is 5.48. The van der Waals surface area contributed by atoms with Crippen LogP contribution in [0.4, 0.5) is 5.69 Å². The number of thioether (sulfide) groups is 1. The van der Waals surface area contributed by atoms with Crippen molar-refractivity contribution in [2.45, 2.75) is 13.3 Å². The van der Waals surface area contributed by atoms with Gasteiger partial charge in [0, 0.05) is 6.54 Å². The van der Waals surface area contributed by atoms with E-state index in [9.17, 15) is 9.59 Å². The molecule has 1 heterocycles. The highest BCUT2D eigenvalue weighted by atomic mass is 32.2. The molecule has 0 bridgehead atoms. The highest BCUT2D eigenvalue weighted by molar-refractivity contribution is 8.18. The van der Waals surface area contributed by atoms with Crippen LogP contribution in [-0.2, 0) is 20.7 Å². The Morgan fingerprint density at radius 3 is 2.34 bits per heavy atom. The molecule has 178 valence electrons. The van der Waals surface area contributed by atoms with Crippen molar-refractivity contribution in [1.82, 2.24) is 4.90 Å². The molecule has 0 saturated carbocycles. The number of carbonyl (C=O) groups excluding carboxylic acids is 2. The molecule has 1 fully saturated rings. The Morgan fingerprint density at radius 2 is 1.66 bits per heavy atom. The Bertz CT molecular complexity index is 1210. The van der Waals surface area contributed by atoms with E-state index >= 15 is 0 Å². The maximum atomic E-state index is 13.3. The Kier molecular flexibility index (Phi) is 8.35. The van der Waals surface area contributed by atoms with Gasteiger partial charge in [-0.2, -0.15) is 0 Å². The van der Waals surface area contributed by atoms with Crippen molar-refractivity contribution in [2.75, 3.05) is 19.8 Å². The molecule has 3 aromatic carbocycles. The van der Waals surface area contributed by atoms with Crippen LogP contribution >= 0.6 is 11.8 Å². The lowest BCUT2D eigenvalue weighted by Gasteiger charge is -2.15. The van der Waals surface area contributed by atoms with Gasteiger partial charge in [0.05, 0.1) is 17.2 Å². The monoisotopic (exact) mass is 486 g/mol. The first-order valence-electron chi connectivity index (χ1n) is 11.4. The summed E-state index contributed by atoms with van der Waals surface area (Å²) in [5, 5.41) is 0.665. The molecule has 1 aliphatic heterocycles. The quantitative estimate of drug-likeness (QED) is 0.296. The summed E-state index contributed by atoms with van der Waals surface area (Å²) in [6.07, 6.45) is 2.59. The zero-order valence-corrected chi connectivity index (χ0v) is 20.2. The van der Waals surface area contributed by atoms with Crippen molar-refractivity contribution < 1.29 is 19.1 Å². The molecule has 6 nitrogen and oxygen atoms in total. The summed E-state index contributed by atoms with van der Waals surface area (Å²) in [4.78, 5) is 31.9. The molecule has 0 radical (unpaired) electrons. The average Bonchev–Trinajstić information content (AvgIpc) is 3.17. The first-order chi connectivity index (χ1) is 17.1. The van der Waals surface area contributed by atoms with E-state index in [4.69, 9.17) is 14.5 Å². The molecule has 1 aliphatic rings. The molecule has 7 heteroatoms. The third-order valence-corrected chi connectivity index (χ3v) is 6.18. The standard InChI is InChI=1S/C28H26N2O4S/c1-2-33-26(31)20-34-24-15-13-22(14-16-24)19-25-27(32)30(18-17-21-9-5-3-6-10-21)28(35-25)29-23-11-7-4-8-12-23/h3-16,19H,2,17-18,20H2,1H3/b25-19+,29-28?. The third kappa shape index (κ3) is 6.83. The number of hydrogen-bond donors (Lipinski definition) is 0. The maximum absolute atomic E-state index is 13.3. The SMILES string of the molecule is CCOC(=O)COc1ccc(/C=C2/SC(=Nc3ccccc3)N(CCc3ccccc3)C2=O)cc1. The lowest BCUT2D eigenvalue weighted by Crippen LogP contribution is -2.31. The van der Waals surface area contributed by atoms with E-state index in [-0.39, 0.29) is 12.5 Å². The van der Waals surface area contributed by atoms with Crippen LogP contribution in [-0.4, -0.2) is 41.7 Å². The second-order valence-electron chi connectivity index (χ2n) is 7.70. The van der Waals surface area contributed by atoms with Crippen LogP contribution in [0.15, 0.2) is 94.8 Å². The smallest absolute Gasteiger partial charge is 0.344 e. The van der Waals surface area contributed by atoms with Crippen LogP contribution in [0.2, 0.25) is 0 Å². The van der Waals surface area contributed by atoms with Crippen LogP contribution < -0.4 is 4.74 Å². The van der Waals surface area contributed by atoms with E-state index in [1.807, 2.05) is 66.7 Å². The summed E-state index contributed by atoms with van der Waals surface area (Å²) >= 11 is 1.37. The van der Waals surface area contributed by atoms with E-state index in [2.05, 4.69) is 12.1 Å². The van der Waals surface area contributed by atoms with Gasteiger partial charge in [-0.15, -0.1) is 0 Å². The molecular weight excluding hydrogens is 460 g/mol. The van der Waals surface area contributed by atoms with Gasteiger partial charge in [0.1, 0.15) is 5.75 Å². The van der Waals surface area contributed by atoms with Crippen LogP contribution in [0, 0.1) is 0 Å². The Morgan fingerprint density at radius 1 is 0.971 bits per heavy atom. The number of benzene rings is 3.